The first-order chi connectivity index (χ1) is 16.4. The molecule has 4 nitrogen and oxygen atoms in total. The van der Waals surface area contributed by atoms with Crippen molar-refractivity contribution in [3.63, 3.8) is 0 Å². The summed E-state index contributed by atoms with van der Waals surface area (Å²) in [5.74, 6) is 0. The largest absolute Gasteiger partial charge is 0.355 e. The monoisotopic (exact) mass is 442 g/mol. The van der Waals surface area contributed by atoms with Crippen molar-refractivity contribution >= 4 is 33.0 Å². The van der Waals surface area contributed by atoms with Crippen LogP contribution in [0.5, 0.6) is 0 Å². The van der Waals surface area contributed by atoms with Crippen LogP contribution in [0, 0.1) is 0 Å². The van der Waals surface area contributed by atoms with E-state index < -0.39 is 0 Å². The van der Waals surface area contributed by atoms with Gasteiger partial charge in [-0.15, -0.1) is 0 Å². The van der Waals surface area contributed by atoms with Gasteiger partial charge in [-0.2, -0.15) is 0 Å². The molecule has 0 unspecified atom stereocenters. The number of allylic oxidation sites excluding steroid dienone is 4. The van der Waals surface area contributed by atoms with Crippen molar-refractivity contribution in [1.82, 2.24) is 9.97 Å². The number of rotatable bonds is 0. The molecule has 0 spiro atoms. The molecule has 166 valence electrons. The van der Waals surface area contributed by atoms with E-state index in [1.165, 1.54) is 32.9 Å². The molecule has 0 fully saturated rings. The van der Waals surface area contributed by atoms with Gasteiger partial charge in [0.05, 0.1) is 34.2 Å². The van der Waals surface area contributed by atoms with E-state index in [1.54, 1.807) is 0 Å². The van der Waals surface area contributed by atoms with Crippen molar-refractivity contribution in [2.45, 2.75) is 38.5 Å². The quantitative estimate of drug-likeness (QED) is 0.291. The number of fused-ring (bicyclic) bond motifs is 13. The molecule has 3 aliphatic heterocycles. The van der Waals surface area contributed by atoms with Crippen LogP contribution in [-0.2, 0) is 10.8 Å². The number of hydrogen-bond acceptors (Lipinski definition) is 2. The molecular weight excluding hydrogens is 416 g/mol. The molecule has 4 heteroatoms. The van der Waals surface area contributed by atoms with Gasteiger partial charge >= 0.3 is 0 Å². The van der Waals surface area contributed by atoms with E-state index in [1.807, 2.05) is 0 Å². The van der Waals surface area contributed by atoms with Crippen LogP contribution in [-0.4, -0.2) is 21.4 Å². The highest BCUT2D eigenvalue weighted by Gasteiger charge is 2.36. The van der Waals surface area contributed by atoms with Crippen molar-refractivity contribution in [1.29, 1.82) is 0 Å². The standard InChI is InChI=1S/C30H26N4/c1-29(2)23-15-13-21(31-23)22-14-16-24(32-22)30(3,4)28-20-12-8-6-10-18(20)26(34-28)25-17-9-5-7-11-19(17)27(29)33-25/h5-16,33-34H,1-4H3/b22-21-. The summed E-state index contributed by atoms with van der Waals surface area (Å²) in [5.41, 5.74) is 7.92. The fourth-order valence-electron chi connectivity index (χ4n) is 5.70. The minimum absolute atomic E-state index is 0.305. The lowest BCUT2D eigenvalue weighted by Crippen LogP contribution is -2.28. The molecule has 2 aromatic heterocycles. The van der Waals surface area contributed by atoms with E-state index >= 15 is 0 Å². The number of aromatic amines is 2. The summed E-state index contributed by atoms with van der Waals surface area (Å²) in [7, 11) is 0. The zero-order valence-electron chi connectivity index (χ0n) is 19.8. The van der Waals surface area contributed by atoms with Crippen molar-refractivity contribution in [2.24, 2.45) is 9.98 Å². The first kappa shape index (κ1) is 19.5. The summed E-state index contributed by atoms with van der Waals surface area (Å²) in [6.45, 7) is 8.99. The third-order valence-electron chi connectivity index (χ3n) is 7.75. The van der Waals surface area contributed by atoms with Gasteiger partial charge in [0.2, 0.25) is 0 Å². The van der Waals surface area contributed by atoms with Gasteiger partial charge in [0.25, 0.3) is 0 Å². The van der Waals surface area contributed by atoms with Gasteiger partial charge in [0.15, 0.2) is 0 Å². The molecular formula is C30H26N4. The maximum Gasteiger partial charge on any atom is 0.0890 e. The smallest absolute Gasteiger partial charge is 0.0890 e. The Morgan fingerprint density at radius 3 is 1.32 bits per heavy atom. The molecule has 34 heavy (non-hydrogen) atoms. The number of nitrogens with zero attached hydrogens (tertiary/aromatic N) is 2. The van der Waals surface area contributed by atoms with Crippen molar-refractivity contribution in [3.05, 3.63) is 95.6 Å². The van der Waals surface area contributed by atoms with Crippen LogP contribution < -0.4 is 0 Å². The topological polar surface area (TPSA) is 56.3 Å². The predicted octanol–water partition coefficient (Wildman–Crippen LogP) is 7.12. The lowest BCUT2D eigenvalue weighted by molar-refractivity contribution is 0.700. The van der Waals surface area contributed by atoms with Gasteiger partial charge in [0.1, 0.15) is 0 Å². The number of hydrogen-bond donors (Lipinski definition) is 2. The van der Waals surface area contributed by atoms with E-state index in [2.05, 4.69) is 110 Å². The maximum absolute atomic E-state index is 5.07. The molecule has 0 atom stereocenters. The lowest BCUT2D eigenvalue weighted by atomic mass is 9.82. The molecule has 7 rings (SSSR count). The number of aliphatic imine (C=N–C) groups is 2. The SMILES string of the molecule is CC1(C)C2=N/C(=C3/C=CC(=N3)C(C)(C)c3[nH]c(c4ccccc34)-c3[nH]c1c1ccccc31)C=C2. The first-order valence-electron chi connectivity index (χ1n) is 11.9. The molecule has 0 saturated heterocycles. The molecule has 0 aliphatic carbocycles. The molecule has 2 aromatic carbocycles. The zero-order valence-corrected chi connectivity index (χ0v) is 19.8. The fourth-order valence-corrected chi connectivity index (χ4v) is 5.70. The summed E-state index contributed by atoms with van der Waals surface area (Å²) in [6, 6.07) is 17.3. The summed E-state index contributed by atoms with van der Waals surface area (Å²) in [6.07, 6.45) is 8.49. The number of nitrogens with one attached hydrogen (secondary N) is 2. The molecule has 0 radical (unpaired) electrons. The fraction of sp³-hybridized carbons (Fsp3) is 0.200. The van der Waals surface area contributed by atoms with Crippen LogP contribution in [0.1, 0.15) is 39.1 Å². The first-order valence-corrected chi connectivity index (χ1v) is 11.9. The van der Waals surface area contributed by atoms with Crippen LogP contribution in [0.25, 0.3) is 32.9 Å². The Morgan fingerprint density at radius 1 is 0.529 bits per heavy atom. The van der Waals surface area contributed by atoms with Gasteiger partial charge in [-0.3, -0.25) is 9.98 Å². The highest BCUT2D eigenvalue weighted by Crippen LogP contribution is 2.44. The Bertz CT molecular complexity index is 1570. The Labute approximate surface area is 198 Å². The molecule has 3 aliphatic rings. The number of aromatic nitrogens is 2. The average molecular weight is 443 g/mol. The maximum atomic E-state index is 5.07. The van der Waals surface area contributed by atoms with E-state index in [-0.39, 0.29) is 10.8 Å². The van der Waals surface area contributed by atoms with Crippen molar-refractivity contribution in [3.8, 4) is 11.4 Å². The van der Waals surface area contributed by atoms with Crippen LogP contribution in [0.4, 0.5) is 0 Å². The highest BCUT2D eigenvalue weighted by molar-refractivity contribution is 6.13. The predicted molar refractivity (Wildman–Crippen MR) is 142 cm³/mol. The Hall–Kier alpha value is -3.92. The number of benzene rings is 2. The second-order valence-electron chi connectivity index (χ2n) is 10.5. The molecule has 4 aromatic rings. The second kappa shape index (κ2) is 6.35. The van der Waals surface area contributed by atoms with E-state index in [4.69, 9.17) is 9.98 Å². The van der Waals surface area contributed by atoms with Gasteiger partial charge in [-0.05, 0) is 52.0 Å². The molecule has 8 bridgehead atoms. The van der Waals surface area contributed by atoms with E-state index in [0.29, 0.717) is 0 Å². The normalized spacial score (nSPS) is 21.8. The summed E-state index contributed by atoms with van der Waals surface area (Å²) in [4.78, 5) is 17.9. The van der Waals surface area contributed by atoms with Crippen LogP contribution >= 0.6 is 0 Å². The Morgan fingerprint density at radius 2 is 0.912 bits per heavy atom. The zero-order chi connectivity index (χ0) is 23.2. The van der Waals surface area contributed by atoms with Gasteiger partial charge in [-0.1, -0.05) is 48.5 Å². The molecule has 0 saturated carbocycles. The lowest BCUT2D eigenvalue weighted by Gasteiger charge is -2.24. The van der Waals surface area contributed by atoms with Gasteiger partial charge < -0.3 is 9.97 Å². The molecule has 0 amide bonds. The summed E-state index contributed by atoms with van der Waals surface area (Å²) < 4.78 is 0. The van der Waals surface area contributed by atoms with Gasteiger partial charge in [0, 0.05) is 43.8 Å². The summed E-state index contributed by atoms with van der Waals surface area (Å²) in [5, 5.41) is 4.90. The number of H-pyrrole nitrogens is 2. The molecule has 2 N–H and O–H groups in total. The summed E-state index contributed by atoms with van der Waals surface area (Å²) >= 11 is 0. The highest BCUT2D eigenvalue weighted by atomic mass is 14.9. The van der Waals surface area contributed by atoms with Crippen LogP contribution in [0.3, 0.4) is 0 Å². The molecule has 5 heterocycles. The third-order valence-corrected chi connectivity index (χ3v) is 7.75. The van der Waals surface area contributed by atoms with E-state index in [9.17, 15) is 0 Å². The average Bonchev–Trinajstić information content (AvgIpc) is 3.62. The van der Waals surface area contributed by atoms with E-state index in [0.717, 1.165) is 34.2 Å². The van der Waals surface area contributed by atoms with Gasteiger partial charge in [-0.25, -0.2) is 0 Å². The Kier molecular flexibility index (Phi) is 3.65. The minimum Gasteiger partial charge on any atom is -0.355 e. The van der Waals surface area contributed by atoms with Crippen LogP contribution in [0.2, 0.25) is 0 Å². The third kappa shape index (κ3) is 2.43. The van der Waals surface area contributed by atoms with Crippen molar-refractivity contribution < 1.29 is 0 Å². The second-order valence-corrected chi connectivity index (χ2v) is 10.5. The van der Waals surface area contributed by atoms with Crippen LogP contribution in [0.15, 0.2) is 94.2 Å². The van der Waals surface area contributed by atoms with Crippen molar-refractivity contribution in [2.75, 3.05) is 0 Å². The minimum atomic E-state index is -0.305. The Balaban J connectivity index is 1.66.